The number of hydrogen-bond donors (Lipinski definition) is 1. The Hall–Kier alpha value is -2.37. The van der Waals surface area contributed by atoms with E-state index in [4.69, 9.17) is 4.74 Å². The summed E-state index contributed by atoms with van der Waals surface area (Å²) in [5.41, 5.74) is 1.87. The molecule has 2 amide bonds. The van der Waals surface area contributed by atoms with E-state index in [1.165, 1.54) is 18.4 Å². The van der Waals surface area contributed by atoms with Crippen LogP contribution in [0.3, 0.4) is 0 Å². The predicted octanol–water partition coefficient (Wildman–Crippen LogP) is 3.76. The van der Waals surface area contributed by atoms with Crippen molar-refractivity contribution >= 4 is 44.3 Å². The zero-order valence-electron chi connectivity index (χ0n) is 13.3. The summed E-state index contributed by atoms with van der Waals surface area (Å²) >= 11 is 4.68. The Morgan fingerprint density at radius 1 is 1.40 bits per heavy atom. The zero-order chi connectivity index (χ0) is 18.0. The van der Waals surface area contributed by atoms with Gasteiger partial charge in [0.05, 0.1) is 24.8 Å². The molecule has 8 heteroatoms. The van der Waals surface area contributed by atoms with Crippen LogP contribution in [0.4, 0.5) is 9.80 Å². The molecule has 2 aromatic rings. The molecule has 1 aliphatic heterocycles. The van der Waals surface area contributed by atoms with Gasteiger partial charge in [-0.25, -0.2) is 4.79 Å². The van der Waals surface area contributed by atoms with Crippen LogP contribution in [0.25, 0.3) is 0 Å². The van der Waals surface area contributed by atoms with E-state index in [9.17, 15) is 14.9 Å². The molecule has 1 aliphatic rings. The summed E-state index contributed by atoms with van der Waals surface area (Å²) in [6, 6.07) is 9.28. The fourth-order valence-corrected chi connectivity index (χ4v) is 4.38. The van der Waals surface area contributed by atoms with Gasteiger partial charge >= 0.3 is 6.09 Å². The Balaban J connectivity index is 1.88. The van der Waals surface area contributed by atoms with Crippen LogP contribution in [0.5, 0.6) is 0 Å². The maximum Gasteiger partial charge on any atom is 0.409 e. The van der Waals surface area contributed by atoms with Gasteiger partial charge in [-0.1, -0.05) is 12.1 Å². The van der Waals surface area contributed by atoms with E-state index < -0.39 is 6.09 Å². The van der Waals surface area contributed by atoms with E-state index in [0.29, 0.717) is 40.1 Å². The molecule has 0 spiro atoms. The van der Waals surface area contributed by atoms with Crippen molar-refractivity contribution in [1.82, 2.24) is 4.90 Å². The summed E-state index contributed by atoms with van der Waals surface area (Å²) in [6.07, 6.45) is 0.172. The number of carbonyl (C=O) groups excluding carboxylic acids is 2. The first-order valence-electron chi connectivity index (χ1n) is 7.48. The first-order valence-corrected chi connectivity index (χ1v) is 9.09. The molecule has 0 atom stereocenters. The van der Waals surface area contributed by atoms with Gasteiger partial charge < -0.3 is 15.0 Å². The predicted molar refractivity (Wildman–Crippen MR) is 97.6 cm³/mol. The van der Waals surface area contributed by atoms with Crippen LogP contribution in [0.1, 0.15) is 26.4 Å². The molecule has 1 aromatic carbocycles. The van der Waals surface area contributed by atoms with Gasteiger partial charge in [-0.15, -0.1) is 11.3 Å². The SMILES string of the molecule is COC(=O)N1CCc2c(sc(NC(=O)c3ccccc3Br)c2C#N)C1. The minimum absolute atomic E-state index is 0.285. The fraction of sp³-hybridized carbons (Fsp3) is 0.235. The molecule has 0 radical (unpaired) electrons. The van der Waals surface area contributed by atoms with E-state index in [2.05, 4.69) is 27.3 Å². The highest BCUT2D eigenvalue weighted by molar-refractivity contribution is 9.10. The quantitative estimate of drug-likeness (QED) is 0.802. The Bertz CT molecular complexity index is 888. The van der Waals surface area contributed by atoms with Crippen molar-refractivity contribution in [2.75, 3.05) is 19.0 Å². The third kappa shape index (κ3) is 3.38. The summed E-state index contributed by atoms with van der Waals surface area (Å²) in [5.74, 6) is -0.285. The zero-order valence-corrected chi connectivity index (χ0v) is 15.7. The van der Waals surface area contributed by atoms with Gasteiger partial charge in [0.2, 0.25) is 0 Å². The molecule has 1 N–H and O–H groups in total. The topological polar surface area (TPSA) is 82.4 Å². The molecule has 0 aliphatic carbocycles. The van der Waals surface area contributed by atoms with E-state index in [0.717, 1.165) is 10.4 Å². The molecular weight excluding hydrogens is 406 g/mol. The normalized spacial score (nSPS) is 12.9. The van der Waals surface area contributed by atoms with Crippen molar-refractivity contribution in [3.63, 3.8) is 0 Å². The second-order valence-corrected chi connectivity index (χ2v) is 7.35. The summed E-state index contributed by atoms with van der Waals surface area (Å²) in [4.78, 5) is 26.7. The number of rotatable bonds is 2. The van der Waals surface area contributed by atoms with Gasteiger partial charge in [-0.05, 0) is 40.0 Å². The Morgan fingerprint density at radius 3 is 2.84 bits per heavy atom. The number of fused-ring (bicyclic) bond motifs is 1. The molecular formula is C17H14BrN3O3S. The standard InChI is InChI=1S/C17H14BrN3O3S/c1-24-17(23)21-7-6-10-12(8-19)16(25-14(10)9-21)20-15(22)11-4-2-3-5-13(11)18/h2-5H,6-7,9H2,1H3,(H,20,22). The molecule has 3 rings (SSSR count). The van der Waals surface area contributed by atoms with Crippen LogP contribution in [-0.4, -0.2) is 30.6 Å². The highest BCUT2D eigenvalue weighted by atomic mass is 79.9. The van der Waals surface area contributed by atoms with E-state index in [1.54, 1.807) is 23.1 Å². The van der Waals surface area contributed by atoms with Crippen molar-refractivity contribution < 1.29 is 14.3 Å². The lowest BCUT2D eigenvalue weighted by Crippen LogP contribution is -2.35. The van der Waals surface area contributed by atoms with Gasteiger partial charge in [0.15, 0.2) is 0 Å². The first-order chi connectivity index (χ1) is 12.0. The number of anilines is 1. The average Bonchev–Trinajstić information content (AvgIpc) is 2.97. The molecule has 0 fully saturated rings. The lowest BCUT2D eigenvalue weighted by molar-refractivity contribution is 0.102. The molecule has 6 nitrogen and oxygen atoms in total. The molecule has 0 unspecified atom stereocenters. The Morgan fingerprint density at radius 2 is 2.16 bits per heavy atom. The molecule has 2 heterocycles. The second-order valence-electron chi connectivity index (χ2n) is 5.40. The summed E-state index contributed by atoms with van der Waals surface area (Å²) in [7, 11) is 1.34. The monoisotopic (exact) mass is 419 g/mol. The highest BCUT2D eigenvalue weighted by Gasteiger charge is 2.28. The Labute approximate surface area is 157 Å². The molecule has 1 aromatic heterocycles. The van der Waals surface area contributed by atoms with E-state index in [-0.39, 0.29) is 5.91 Å². The van der Waals surface area contributed by atoms with Crippen LogP contribution in [0.15, 0.2) is 28.7 Å². The van der Waals surface area contributed by atoms with Gasteiger partial charge in [0.25, 0.3) is 5.91 Å². The first kappa shape index (κ1) is 17.5. The molecule has 0 saturated heterocycles. The van der Waals surface area contributed by atoms with Crippen LogP contribution >= 0.6 is 27.3 Å². The highest BCUT2D eigenvalue weighted by Crippen LogP contribution is 2.37. The van der Waals surface area contributed by atoms with Gasteiger partial charge in [-0.3, -0.25) is 4.79 Å². The van der Waals surface area contributed by atoms with E-state index >= 15 is 0 Å². The third-order valence-electron chi connectivity index (χ3n) is 3.95. The Kier molecular flexibility index (Phi) is 5.06. The number of nitrogens with one attached hydrogen (secondary N) is 1. The number of nitriles is 1. The second kappa shape index (κ2) is 7.25. The average molecular weight is 420 g/mol. The number of halogens is 1. The minimum Gasteiger partial charge on any atom is -0.453 e. The van der Waals surface area contributed by atoms with Crippen LogP contribution in [0.2, 0.25) is 0 Å². The number of ether oxygens (including phenoxy) is 1. The van der Waals surface area contributed by atoms with Crippen LogP contribution < -0.4 is 5.32 Å². The maximum absolute atomic E-state index is 12.5. The molecule has 0 saturated carbocycles. The van der Waals surface area contributed by atoms with Crippen molar-refractivity contribution in [1.29, 1.82) is 5.26 Å². The number of methoxy groups -OCH3 is 1. The van der Waals surface area contributed by atoms with Crippen LogP contribution in [-0.2, 0) is 17.7 Å². The van der Waals surface area contributed by atoms with E-state index in [1.807, 2.05) is 6.07 Å². The summed E-state index contributed by atoms with van der Waals surface area (Å²) in [5, 5.41) is 12.9. The molecule has 25 heavy (non-hydrogen) atoms. The smallest absolute Gasteiger partial charge is 0.409 e. The van der Waals surface area contributed by atoms with Gasteiger partial charge in [0, 0.05) is 15.9 Å². The summed E-state index contributed by atoms with van der Waals surface area (Å²) in [6.45, 7) is 0.870. The maximum atomic E-state index is 12.5. The van der Waals surface area contributed by atoms with Crippen molar-refractivity contribution in [2.24, 2.45) is 0 Å². The molecule has 128 valence electrons. The summed E-state index contributed by atoms with van der Waals surface area (Å²) < 4.78 is 5.44. The largest absolute Gasteiger partial charge is 0.453 e. The van der Waals surface area contributed by atoms with Gasteiger partial charge in [-0.2, -0.15) is 5.26 Å². The number of amides is 2. The number of hydrogen-bond acceptors (Lipinski definition) is 5. The number of thiophene rings is 1. The number of benzene rings is 1. The van der Waals surface area contributed by atoms with Gasteiger partial charge in [0.1, 0.15) is 11.1 Å². The van der Waals surface area contributed by atoms with Crippen LogP contribution in [0, 0.1) is 11.3 Å². The fourth-order valence-electron chi connectivity index (χ4n) is 2.71. The van der Waals surface area contributed by atoms with Crippen molar-refractivity contribution in [2.45, 2.75) is 13.0 Å². The van der Waals surface area contributed by atoms with Crippen molar-refractivity contribution in [3.8, 4) is 6.07 Å². The van der Waals surface area contributed by atoms with Crippen molar-refractivity contribution in [3.05, 3.63) is 50.3 Å². The third-order valence-corrected chi connectivity index (χ3v) is 5.77. The number of carbonyl (C=O) groups is 2. The lowest BCUT2D eigenvalue weighted by atomic mass is 10.0. The molecule has 0 bridgehead atoms. The minimum atomic E-state index is -0.392. The lowest BCUT2D eigenvalue weighted by Gasteiger charge is -2.25. The number of nitrogens with zero attached hydrogens (tertiary/aromatic N) is 2.